The van der Waals surface area contributed by atoms with Gasteiger partial charge in [-0.15, -0.1) is 0 Å². The molecule has 0 heterocycles. The minimum Gasteiger partial charge on any atom is -0.319 e. The second kappa shape index (κ2) is 7.25. The molecule has 0 aliphatic heterocycles. The molecule has 0 spiro atoms. The van der Waals surface area contributed by atoms with E-state index in [9.17, 15) is 4.39 Å². The van der Waals surface area contributed by atoms with Crippen molar-refractivity contribution >= 4 is 11.6 Å². The summed E-state index contributed by atoms with van der Waals surface area (Å²) in [5.74, 6) is 1.01. The van der Waals surface area contributed by atoms with Gasteiger partial charge in [0, 0.05) is 0 Å². The van der Waals surface area contributed by atoms with E-state index < -0.39 is 0 Å². The number of halogens is 2. The topological polar surface area (TPSA) is 12.0 Å². The summed E-state index contributed by atoms with van der Waals surface area (Å²) < 4.78 is 13.5. The van der Waals surface area contributed by atoms with E-state index in [2.05, 4.69) is 5.32 Å². The van der Waals surface area contributed by atoms with Gasteiger partial charge in [0.1, 0.15) is 5.82 Å². The number of benzene rings is 1. The quantitative estimate of drug-likeness (QED) is 0.806. The smallest absolute Gasteiger partial charge is 0.142 e. The molecule has 1 aromatic rings. The number of hydrogen-bond donors (Lipinski definition) is 1. The third-order valence-corrected chi connectivity index (χ3v) is 4.72. The Labute approximate surface area is 120 Å². The number of hydrogen-bond acceptors (Lipinski definition) is 1. The van der Waals surface area contributed by atoms with Gasteiger partial charge in [-0.25, -0.2) is 4.39 Å². The van der Waals surface area contributed by atoms with Crippen LogP contribution in [0.1, 0.15) is 37.7 Å². The Morgan fingerprint density at radius 2 is 1.95 bits per heavy atom. The molecule has 2 unspecified atom stereocenters. The monoisotopic (exact) mass is 283 g/mol. The summed E-state index contributed by atoms with van der Waals surface area (Å²) >= 11 is 6.09. The van der Waals surface area contributed by atoms with Crippen LogP contribution in [-0.2, 0) is 6.42 Å². The Morgan fingerprint density at radius 1 is 1.21 bits per heavy atom. The van der Waals surface area contributed by atoms with Crippen molar-refractivity contribution < 1.29 is 4.39 Å². The molecule has 1 aromatic carbocycles. The van der Waals surface area contributed by atoms with Gasteiger partial charge in [-0.1, -0.05) is 43.0 Å². The first-order valence-electron chi connectivity index (χ1n) is 7.30. The highest BCUT2D eigenvalue weighted by molar-refractivity contribution is 6.31. The van der Waals surface area contributed by atoms with Gasteiger partial charge in [0.15, 0.2) is 0 Å². The second-order valence-electron chi connectivity index (χ2n) is 5.63. The van der Waals surface area contributed by atoms with Gasteiger partial charge in [0.25, 0.3) is 0 Å². The maximum Gasteiger partial charge on any atom is 0.142 e. The van der Waals surface area contributed by atoms with Crippen molar-refractivity contribution in [3.8, 4) is 0 Å². The van der Waals surface area contributed by atoms with Crippen molar-refractivity contribution in [1.82, 2.24) is 5.32 Å². The van der Waals surface area contributed by atoms with E-state index in [0.717, 1.165) is 18.5 Å². The van der Waals surface area contributed by atoms with E-state index >= 15 is 0 Å². The predicted octanol–water partition coefficient (Wildman–Crippen LogP) is 4.44. The summed E-state index contributed by atoms with van der Waals surface area (Å²) in [5.41, 5.74) is 0.967. The SMILES string of the molecule is CNCC1CCCCCC1Cc1cccc(F)c1Cl. The molecular formula is C16H23ClFN. The molecule has 1 fully saturated rings. The molecule has 3 heteroatoms. The Kier molecular flexibility index (Phi) is 5.65. The Hall–Kier alpha value is -0.600. The molecule has 1 nitrogen and oxygen atoms in total. The van der Waals surface area contributed by atoms with Crippen LogP contribution < -0.4 is 5.32 Å². The summed E-state index contributed by atoms with van der Waals surface area (Å²) in [6.45, 7) is 1.05. The molecule has 2 atom stereocenters. The largest absolute Gasteiger partial charge is 0.319 e. The molecule has 106 valence electrons. The first-order chi connectivity index (χ1) is 9.22. The highest BCUT2D eigenvalue weighted by Gasteiger charge is 2.24. The summed E-state index contributed by atoms with van der Waals surface area (Å²) in [6.07, 6.45) is 7.35. The standard InChI is InChI=1S/C16H23ClFN/c1-19-11-14-7-4-2-3-6-12(14)10-13-8-5-9-15(18)16(13)17/h5,8-9,12,14,19H,2-4,6-7,10-11H2,1H3. The lowest BCUT2D eigenvalue weighted by Gasteiger charge is -2.25. The normalized spacial score (nSPS) is 24.2. The van der Waals surface area contributed by atoms with Gasteiger partial charge in [0.2, 0.25) is 0 Å². The fourth-order valence-corrected chi connectivity index (χ4v) is 3.45. The lowest BCUT2D eigenvalue weighted by molar-refractivity contribution is 0.303. The average molecular weight is 284 g/mol. The zero-order valence-electron chi connectivity index (χ0n) is 11.6. The van der Waals surface area contributed by atoms with E-state index in [0.29, 0.717) is 16.9 Å². The fourth-order valence-electron chi connectivity index (χ4n) is 3.25. The van der Waals surface area contributed by atoms with Gasteiger partial charge in [-0.05, 0) is 56.3 Å². The van der Waals surface area contributed by atoms with Crippen LogP contribution in [0, 0.1) is 17.7 Å². The first-order valence-corrected chi connectivity index (χ1v) is 7.67. The molecule has 0 radical (unpaired) electrons. The van der Waals surface area contributed by atoms with Crippen LogP contribution in [0.3, 0.4) is 0 Å². The van der Waals surface area contributed by atoms with Crippen LogP contribution in [0.25, 0.3) is 0 Å². The van der Waals surface area contributed by atoms with E-state index in [-0.39, 0.29) is 5.82 Å². The van der Waals surface area contributed by atoms with Crippen molar-refractivity contribution in [3.63, 3.8) is 0 Å². The van der Waals surface area contributed by atoms with Crippen LogP contribution in [0.5, 0.6) is 0 Å². The molecule has 0 amide bonds. The molecule has 1 N–H and O–H groups in total. The molecule has 19 heavy (non-hydrogen) atoms. The summed E-state index contributed by atoms with van der Waals surface area (Å²) in [4.78, 5) is 0. The van der Waals surface area contributed by atoms with Crippen LogP contribution in [0.2, 0.25) is 5.02 Å². The van der Waals surface area contributed by atoms with E-state index in [1.54, 1.807) is 6.07 Å². The Morgan fingerprint density at radius 3 is 2.68 bits per heavy atom. The molecule has 2 rings (SSSR count). The average Bonchev–Trinajstić information content (AvgIpc) is 2.62. The van der Waals surface area contributed by atoms with Crippen LogP contribution in [0.15, 0.2) is 18.2 Å². The Bertz CT molecular complexity index is 408. The van der Waals surface area contributed by atoms with Crippen molar-refractivity contribution in [1.29, 1.82) is 0 Å². The summed E-state index contributed by atoms with van der Waals surface area (Å²) in [5, 5.41) is 3.61. The lowest BCUT2D eigenvalue weighted by Crippen LogP contribution is -2.26. The lowest BCUT2D eigenvalue weighted by atomic mass is 9.83. The molecule has 0 bridgehead atoms. The zero-order chi connectivity index (χ0) is 13.7. The van der Waals surface area contributed by atoms with Crippen molar-refractivity contribution in [3.05, 3.63) is 34.6 Å². The van der Waals surface area contributed by atoms with Crippen molar-refractivity contribution in [2.45, 2.75) is 38.5 Å². The van der Waals surface area contributed by atoms with Gasteiger partial charge < -0.3 is 5.32 Å². The molecule has 0 saturated heterocycles. The predicted molar refractivity (Wildman–Crippen MR) is 79.1 cm³/mol. The summed E-state index contributed by atoms with van der Waals surface area (Å²) in [6, 6.07) is 5.16. The Balaban J connectivity index is 2.11. The van der Waals surface area contributed by atoms with Gasteiger partial charge in [-0.3, -0.25) is 0 Å². The highest BCUT2D eigenvalue weighted by atomic mass is 35.5. The third kappa shape index (κ3) is 3.93. The van der Waals surface area contributed by atoms with Gasteiger partial charge >= 0.3 is 0 Å². The van der Waals surface area contributed by atoms with Crippen molar-refractivity contribution in [2.24, 2.45) is 11.8 Å². The van der Waals surface area contributed by atoms with Gasteiger partial charge in [-0.2, -0.15) is 0 Å². The first kappa shape index (κ1) is 14.8. The molecular weight excluding hydrogens is 261 g/mol. The van der Waals surface area contributed by atoms with Crippen LogP contribution in [-0.4, -0.2) is 13.6 Å². The highest BCUT2D eigenvalue weighted by Crippen LogP contribution is 2.33. The third-order valence-electron chi connectivity index (χ3n) is 4.30. The van der Waals surface area contributed by atoms with E-state index in [1.807, 2.05) is 13.1 Å². The minimum atomic E-state index is -0.294. The molecule has 0 aromatic heterocycles. The van der Waals surface area contributed by atoms with Gasteiger partial charge in [0.05, 0.1) is 5.02 Å². The molecule has 1 aliphatic rings. The minimum absolute atomic E-state index is 0.294. The van der Waals surface area contributed by atoms with Crippen LogP contribution >= 0.6 is 11.6 Å². The van der Waals surface area contributed by atoms with E-state index in [1.165, 1.54) is 38.2 Å². The second-order valence-corrected chi connectivity index (χ2v) is 6.01. The zero-order valence-corrected chi connectivity index (χ0v) is 12.3. The maximum atomic E-state index is 13.5. The van der Waals surface area contributed by atoms with Crippen molar-refractivity contribution in [2.75, 3.05) is 13.6 Å². The molecule has 1 saturated carbocycles. The maximum absolute atomic E-state index is 13.5. The molecule has 1 aliphatic carbocycles. The van der Waals surface area contributed by atoms with E-state index in [4.69, 9.17) is 11.6 Å². The van der Waals surface area contributed by atoms with Crippen LogP contribution in [0.4, 0.5) is 4.39 Å². The summed E-state index contributed by atoms with van der Waals surface area (Å²) in [7, 11) is 2.01. The fraction of sp³-hybridized carbons (Fsp3) is 0.625. The number of rotatable bonds is 4. The number of nitrogens with one attached hydrogen (secondary N) is 1.